The van der Waals surface area contributed by atoms with Crippen LogP contribution < -0.4 is 30.6 Å². The van der Waals surface area contributed by atoms with Crippen molar-refractivity contribution < 1.29 is 188 Å². The average Bonchev–Trinajstić information content (AvgIpc) is 3.22. The molecule has 0 aliphatic heterocycles. The Bertz CT molecular complexity index is 1280. The first-order valence-electron chi connectivity index (χ1n) is 13.1. The van der Waals surface area contributed by atoms with Crippen LogP contribution in [-0.2, 0) is 49.5 Å². The molecule has 0 fully saturated rings. The second-order valence-corrected chi connectivity index (χ2v) is 6.86. The Kier molecular flexibility index (Phi) is 92.2. The molecule has 3 rings (SSSR count). The van der Waals surface area contributed by atoms with Crippen LogP contribution >= 0.6 is 0 Å². The monoisotopic (exact) mass is 1150 g/mol. The van der Waals surface area contributed by atoms with Crippen LogP contribution in [0, 0.1) is 68.8 Å². The zero-order chi connectivity index (χ0) is 46.6. The first kappa shape index (κ1) is 87.0. The van der Waals surface area contributed by atoms with Crippen molar-refractivity contribution in [2.24, 2.45) is 0 Å². The van der Waals surface area contributed by atoms with Crippen molar-refractivity contribution in [3.63, 3.8) is 0 Å². The van der Waals surface area contributed by atoms with Crippen molar-refractivity contribution in [1.29, 1.82) is 0 Å². The zero-order valence-corrected chi connectivity index (χ0v) is 36.1. The van der Waals surface area contributed by atoms with Gasteiger partial charge in [0, 0.05) is 114 Å². The van der Waals surface area contributed by atoms with E-state index in [0.29, 0.717) is 0 Å². The first-order valence-corrected chi connectivity index (χ1v) is 13.1. The molecule has 60 heavy (non-hydrogen) atoms. The van der Waals surface area contributed by atoms with Gasteiger partial charge in [0.1, 0.15) is 37.7 Å². The predicted molar refractivity (Wildman–Crippen MR) is 178 cm³/mol. The molecule has 0 atom stereocenters. The SMILES string of the molecule is CO.CO.CO.CO.CO.CO.O=Cc1ccc(C=O)c([O-])c1[O-].O=Cc1ccc(C=O)c([O-])c1[O-].O=Cc1ccc(C=O)c([O-])c1[O-].O=[N+]([O-])[O-].O=[N+]([O-])[O-].[Dy].[Ni+2].[Ni+2].[Ni+2]. The van der Waals surface area contributed by atoms with E-state index in [4.69, 9.17) is 61.3 Å². The van der Waals surface area contributed by atoms with Crippen molar-refractivity contribution in [3.8, 4) is 34.5 Å². The molecule has 0 aliphatic rings. The summed E-state index contributed by atoms with van der Waals surface area (Å²) < 4.78 is 0. The number of aliphatic hydroxyl groups is 6. The minimum Gasteiger partial charge on any atom is -0.872 e. The van der Waals surface area contributed by atoms with Crippen LogP contribution in [0.5, 0.6) is 34.5 Å². The summed E-state index contributed by atoms with van der Waals surface area (Å²) in [6, 6.07) is 6.92. The normalized spacial score (nSPS) is 7.00. The minimum absolute atomic E-state index is 0. The van der Waals surface area contributed by atoms with E-state index in [0.717, 1.165) is 79.1 Å². The van der Waals surface area contributed by atoms with Crippen LogP contribution in [0.25, 0.3) is 0 Å². The van der Waals surface area contributed by atoms with E-state index < -0.39 is 44.7 Å². The zero-order valence-electron chi connectivity index (χ0n) is 31.1. The molecular weight excluding hydrogens is 1110 g/mol. The molecular formula is C30H36DyN2Ni3O24-2. The molecule has 0 unspecified atom stereocenters. The third-order valence-corrected chi connectivity index (χ3v) is 4.28. The van der Waals surface area contributed by atoms with E-state index in [1.807, 2.05) is 0 Å². The summed E-state index contributed by atoms with van der Waals surface area (Å²) in [4.78, 5) is 77.4. The average molecular weight is 1150 g/mol. The van der Waals surface area contributed by atoms with Gasteiger partial charge in [-0.3, -0.25) is 28.8 Å². The molecule has 26 nitrogen and oxygen atoms in total. The molecule has 0 radical (unpaired) electrons. The van der Waals surface area contributed by atoms with Crippen molar-refractivity contribution in [3.05, 3.63) is 100 Å². The number of hydrogen-bond donors (Lipinski definition) is 6. The maximum Gasteiger partial charge on any atom is 2.00 e. The fraction of sp³-hybridized carbons (Fsp3) is 0.200. The molecule has 30 heteroatoms. The molecule has 0 bridgehead atoms. The first-order chi connectivity index (χ1) is 26.6. The fourth-order valence-corrected chi connectivity index (χ4v) is 2.34. The number of aldehydes is 6. The second-order valence-electron chi connectivity index (χ2n) is 6.86. The van der Waals surface area contributed by atoms with Gasteiger partial charge >= 0.3 is 49.5 Å². The topological polar surface area (TPSA) is 495 Å². The number of aliphatic hydroxyl groups excluding tert-OH is 6. The number of benzene rings is 3. The molecule has 0 saturated carbocycles. The molecule has 352 valence electrons. The number of carbonyl (C=O) groups excluding carboxylic acids is 6. The third kappa shape index (κ3) is 43.0. The Balaban J connectivity index is -0.0000000461. The quantitative estimate of drug-likeness (QED) is 0.0587. The van der Waals surface area contributed by atoms with Crippen LogP contribution in [0.2, 0.25) is 0 Å². The summed E-state index contributed by atoms with van der Waals surface area (Å²) in [5.74, 6) is -5.53. The molecule has 0 heterocycles. The predicted octanol–water partition coefficient (Wildman–Crippen LogP) is -4.46. The van der Waals surface area contributed by atoms with Gasteiger partial charge in [-0.2, -0.15) is 0 Å². The number of hydrogen-bond acceptors (Lipinski definition) is 24. The maximum absolute atomic E-state index is 10.9. The summed E-state index contributed by atoms with van der Waals surface area (Å²) in [5.41, 5.74) is -1.30. The van der Waals surface area contributed by atoms with Gasteiger partial charge in [-0.05, 0) is 0 Å². The van der Waals surface area contributed by atoms with Gasteiger partial charge in [-0.25, -0.2) is 0 Å². The van der Waals surface area contributed by atoms with Gasteiger partial charge in [0.2, 0.25) is 0 Å². The minimum atomic E-state index is -1.75. The second kappa shape index (κ2) is 63.6. The van der Waals surface area contributed by atoms with E-state index in [1.165, 1.54) is 0 Å². The largest absolute Gasteiger partial charge is 2.00 e. The number of rotatable bonds is 6. The summed E-state index contributed by atoms with van der Waals surface area (Å²) >= 11 is 0. The van der Waals surface area contributed by atoms with Gasteiger partial charge in [0.25, 0.3) is 0 Å². The van der Waals surface area contributed by atoms with Gasteiger partial charge in [-0.15, -0.1) is 34.5 Å². The summed E-state index contributed by atoms with van der Waals surface area (Å²) in [5, 5.41) is 137. The van der Waals surface area contributed by atoms with Gasteiger partial charge in [0.05, 0.1) is 10.2 Å². The smallest absolute Gasteiger partial charge is 0.872 e. The molecule has 3 aromatic carbocycles. The van der Waals surface area contributed by atoms with Crippen molar-refractivity contribution in [1.82, 2.24) is 0 Å². The van der Waals surface area contributed by atoms with Crippen LogP contribution in [0.15, 0.2) is 36.4 Å². The van der Waals surface area contributed by atoms with Crippen molar-refractivity contribution in [2.75, 3.05) is 42.7 Å². The molecule has 0 saturated heterocycles. The Morgan fingerprint density at radius 3 is 0.450 bits per heavy atom. The molecule has 6 N–H and O–H groups in total. The van der Waals surface area contributed by atoms with Crippen LogP contribution in [0.1, 0.15) is 62.1 Å². The fourth-order valence-electron chi connectivity index (χ4n) is 2.34. The Hall–Kier alpha value is -4.61. The van der Waals surface area contributed by atoms with E-state index >= 15 is 0 Å². The third-order valence-electron chi connectivity index (χ3n) is 4.28. The van der Waals surface area contributed by atoms with Crippen molar-refractivity contribution in [2.45, 2.75) is 0 Å². The van der Waals surface area contributed by atoms with Gasteiger partial charge < -0.3 is 91.9 Å². The maximum atomic E-state index is 10.9. The summed E-state index contributed by atoms with van der Waals surface area (Å²) in [6.45, 7) is 0. The summed E-state index contributed by atoms with van der Waals surface area (Å²) in [6.07, 6.45) is 1.74. The van der Waals surface area contributed by atoms with Crippen molar-refractivity contribution >= 4 is 37.7 Å². The molecule has 0 amide bonds. The van der Waals surface area contributed by atoms with Crippen LogP contribution in [0.3, 0.4) is 0 Å². The Morgan fingerprint density at radius 2 is 0.400 bits per heavy atom. The van der Waals surface area contributed by atoms with E-state index in [-0.39, 0.29) is 159 Å². The molecule has 3 aromatic rings. The number of carbonyl (C=O) groups is 6. The van der Waals surface area contributed by atoms with Gasteiger partial charge in [-0.1, -0.05) is 36.4 Å². The Labute approximate surface area is 400 Å². The summed E-state index contributed by atoms with van der Waals surface area (Å²) in [7, 11) is 6.00. The molecule has 0 spiro atoms. The molecule has 0 aromatic heterocycles. The van der Waals surface area contributed by atoms with E-state index in [2.05, 4.69) is 0 Å². The Morgan fingerprint density at radius 1 is 0.333 bits per heavy atom. The van der Waals surface area contributed by atoms with Gasteiger partial charge in [0.15, 0.2) is 0 Å². The molecule has 0 aliphatic carbocycles. The van der Waals surface area contributed by atoms with Crippen LogP contribution in [0.4, 0.5) is 0 Å². The van der Waals surface area contributed by atoms with E-state index in [1.54, 1.807) is 0 Å². The van der Waals surface area contributed by atoms with Crippen LogP contribution in [-0.4, -0.2) is 121 Å². The van der Waals surface area contributed by atoms with E-state index in [9.17, 15) is 59.4 Å². The number of nitrogens with zero attached hydrogens (tertiary/aromatic N) is 2. The standard InChI is InChI=1S/3C8H6O4.6CH4O.Dy.2NO3.3Ni/c3*9-3-5-1-2-6(4-10)8(12)7(5)11;6*1-2;;2*2-1(3)4;;;/h3*1-4,11-12H;6*2H,1H3;;;;;;/q;;;;;;;;;;2*-1;3*+2/p-6.